The molecular weight excluding hydrogens is 577 g/mol. The van der Waals surface area contributed by atoms with Gasteiger partial charge in [-0.05, 0) is 44.9 Å². The van der Waals surface area contributed by atoms with Crippen LogP contribution in [0, 0.1) is 6.92 Å². The number of aryl methyl sites for hydroxylation is 1. The number of carbonyl (C=O) groups is 2. The van der Waals surface area contributed by atoms with Crippen LogP contribution in [0.5, 0.6) is 5.75 Å². The summed E-state index contributed by atoms with van der Waals surface area (Å²) in [5.74, 6) is -0.854. The molecule has 2 aromatic heterocycles. The van der Waals surface area contributed by atoms with Crippen LogP contribution in [-0.4, -0.2) is 89.2 Å². The number of hydrogen-bond donors (Lipinski definition) is 1. The van der Waals surface area contributed by atoms with Crippen molar-refractivity contribution in [2.24, 2.45) is 0 Å². The number of anilines is 2. The van der Waals surface area contributed by atoms with Gasteiger partial charge < -0.3 is 29.9 Å². The number of halogens is 4. The Morgan fingerprint density at radius 3 is 2.60 bits per heavy atom. The maximum Gasteiger partial charge on any atom is 0.418 e. The fourth-order valence-electron chi connectivity index (χ4n) is 6.20. The van der Waals surface area contributed by atoms with Crippen molar-refractivity contribution in [2.75, 3.05) is 50.5 Å². The van der Waals surface area contributed by atoms with Gasteiger partial charge in [0, 0.05) is 33.3 Å². The average molecular weight is 609 g/mol. The van der Waals surface area contributed by atoms with E-state index >= 15 is 0 Å². The molecule has 14 heteroatoms. The van der Waals surface area contributed by atoms with Crippen LogP contribution in [0.4, 0.5) is 24.8 Å². The minimum atomic E-state index is -4.80. The summed E-state index contributed by atoms with van der Waals surface area (Å²) >= 11 is 6.80. The van der Waals surface area contributed by atoms with E-state index in [-0.39, 0.29) is 77.5 Å². The summed E-state index contributed by atoms with van der Waals surface area (Å²) in [6.45, 7) is 9.66. The number of pyridine rings is 2. The van der Waals surface area contributed by atoms with Gasteiger partial charge in [0.25, 0.3) is 5.91 Å². The molecule has 0 aromatic carbocycles. The standard InChI is InChI=1S/C28H32ClF3N6O4/c1-6-18(39)36-9-10-37-15(12-36)13-42-24-19(26(37)40)25(38-8-7-16(41-5)27(38,3)4)35-23(21(24)29)22-20(28(30,31)32)14(2)11-17(33)34-22/h6,11,15-16H,1,7-10,12-13H2,2-5H3,(H2,33,34)/t15-,16?/m1/s1. The van der Waals surface area contributed by atoms with Gasteiger partial charge in [-0.15, -0.1) is 0 Å². The summed E-state index contributed by atoms with van der Waals surface area (Å²) in [5.41, 5.74) is 3.18. The summed E-state index contributed by atoms with van der Waals surface area (Å²) in [4.78, 5) is 40.2. The van der Waals surface area contributed by atoms with Gasteiger partial charge in [-0.3, -0.25) is 9.59 Å². The van der Waals surface area contributed by atoms with Crippen molar-refractivity contribution in [3.05, 3.63) is 40.4 Å². The first-order valence-electron chi connectivity index (χ1n) is 13.4. The van der Waals surface area contributed by atoms with Crippen LogP contribution < -0.4 is 15.4 Å². The van der Waals surface area contributed by atoms with E-state index < -0.39 is 34.9 Å². The monoisotopic (exact) mass is 608 g/mol. The van der Waals surface area contributed by atoms with E-state index in [0.717, 1.165) is 6.07 Å². The number of hydrogen-bond acceptors (Lipinski definition) is 8. The summed E-state index contributed by atoms with van der Waals surface area (Å²) in [7, 11) is 1.58. The van der Waals surface area contributed by atoms with Crippen LogP contribution in [0.1, 0.15) is 41.8 Å². The van der Waals surface area contributed by atoms with Crippen molar-refractivity contribution in [1.29, 1.82) is 0 Å². The highest BCUT2D eigenvalue weighted by Crippen LogP contribution is 2.48. The van der Waals surface area contributed by atoms with Crippen LogP contribution in [0.3, 0.4) is 0 Å². The first-order valence-corrected chi connectivity index (χ1v) is 13.8. The summed E-state index contributed by atoms with van der Waals surface area (Å²) in [6.07, 6.45) is -3.27. The molecular formula is C28H32ClF3N6O4. The zero-order chi connectivity index (χ0) is 30.7. The minimum Gasteiger partial charge on any atom is -0.489 e. The van der Waals surface area contributed by atoms with Gasteiger partial charge in [0.2, 0.25) is 5.91 Å². The lowest BCUT2D eigenvalue weighted by molar-refractivity contribution is -0.137. The molecule has 3 aliphatic heterocycles. The number of fused-ring (bicyclic) bond motifs is 2. The molecule has 2 fully saturated rings. The number of nitrogen functional groups attached to an aromatic ring is 1. The predicted octanol–water partition coefficient (Wildman–Crippen LogP) is 3.94. The van der Waals surface area contributed by atoms with Crippen molar-refractivity contribution >= 4 is 35.1 Å². The Balaban J connectivity index is 1.75. The molecule has 2 atom stereocenters. The molecule has 0 aliphatic carbocycles. The van der Waals surface area contributed by atoms with Crippen LogP contribution in [0.2, 0.25) is 5.02 Å². The van der Waals surface area contributed by atoms with Crippen molar-refractivity contribution < 1.29 is 32.2 Å². The first-order chi connectivity index (χ1) is 19.7. The Hall–Kier alpha value is -3.58. The molecule has 0 radical (unpaired) electrons. The molecule has 226 valence electrons. The first kappa shape index (κ1) is 29.9. The number of alkyl halides is 3. The van der Waals surface area contributed by atoms with E-state index in [0.29, 0.717) is 13.0 Å². The number of ether oxygens (including phenoxy) is 2. The molecule has 0 spiro atoms. The maximum atomic E-state index is 14.4. The van der Waals surface area contributed by atoms with Crippen LogP contribution in [0.25, 0.3) is 11.4 Å². The number of nitrogens with zero attached hydrogens (tertiary/aromatic N) is 5. The Kier molecular flexibility index (Phi) is 7.55. The van der Waals surface area contributed by atoms with Gasteiger partial charge in [0.1, 0.15) is 40.2 Å². The van der Waals surface area contributed by atoms with E-state index in [4.69, 9.17) is 26.8 Å². The number of amides is 2. The van der Waals surface area contributed by atoms with E-state index in [1.54, 1.807) is 16.9 Å². The SMILES string of the molecule is C=CC(=O)N1CCN2C(=O)c3c(N4CCC(OC)C4(C)C)nc(-c4nc(N)cc(C)c4C(F)(F)F)c(Cl)c3OC[C@H]2C1. The summed E-state index contributed by atoms with van der Waals surface area (Å²) in [6, 6.07) is 0.595. The second-order valence-electron chi connectivity index (χ2n) is 11.2. The second-order valence-corrected chi connectivity index (χ2v) is 11.5. The Morgan fingerprint density at radius 2 is 1.98 bits per heavy atom. The van der Waals surface area contributed by atoms with Crippen molar-refractivity contribution in [1.82, 2.24) is 19.8 Å². The van der Waals surface area contributed by atoms with Crippen molar-refractivity contribution in [3.63, 3.8) is 0 Å². The van der Waals surface area contributed by atoms with Gasteiger partial charge in [0.15, 0.2) is 5.75 Å². The van der Waals surface area contributed by atoms with Gasteiger partial charge in [-0.1, -0.05) is 18.2 Å². The number of nitrogens with two attached hydrogens (primary N) is 1. The lowest BCUT2D eigenvalue weighted by atomic mass is 9.97. The molecule has 0 bridgehead atoms. The van der Waals surface area contributed by atoms with Crippen LogP contribution >= 0.6 is 11.6 Å². The lowest BCUT2D eigenvalue weighted by Gasteiger charge is -2.40. The third-order valence-electron chi connectivity index (χ3n) is 8.32. The average Bonchev–Trinajstić information content (AvgIpc) is 3.14. The van der Waals surface area contributed by atoms with E-state index in [2.05, 4.69) is 16.5 Å². The van der Waals surface area contributed by atoms with Crippen LogP contribution in [0.15, 0.2) is 18.7 Å². The third-order valence-corrected chi connectivity index (χ3v) is 8.67. The minimum absolute atomic E-state index is 0.0359. The van der Waals surface area contributed by atoms with Gasteiger partial charge in [0.05, 0.1) is 23.2 Å². The molecule has 5 rings (SSSR count). The van der Waals surface area contributed by atoms with E-state index in [1.165, 1.54) is 13.0 Å². The van der Waals surface area contributed by atoms with Crippen molar-refractivity contribution in [3.8, 4) is 17.1 Å². The largest absolute Gasteiger partial charge is 0.489 e. The fourth-order valence-corrected chi connectivity index (χ4v) is 6.48. The highest BCUT2D eigenvalue weighted by Gasteiger charge is 2.48. The molecule has 5 heterocycles. The molecule has 10 nitrogen and oxygen atoms in total. The molecule has 3 aliphatic rings. The van der Waals surface area contributed by atoms with E-state index in [1.807, 2.05) is 18.7 Å². The van der Waals surface area contributed by atoms with Crippen molar-refractivity contribution in [2.45, 2.75) is 51.1 Å². The Bertz CT molecular complexity index is 1470. The Morgan fingerprint density at radius 1 is 1.26 bits per heavy atom. The molecule has 2 saturated heterocycles. The number of aromatic nitrogens is 2. The summed E-state index contributed by atoms with van der Waals surface area (Å²) < 4.78 is 55.0. The normalized spacial score (nSPS) is 21.9. The highest BCUT2D eigenvalue weighted by molar-refractivity contribution is 6.35. The molecule has 1 unspecified atom stereocenters. The molecule has 2 aromatic rings. The number of piperazine rings is 1. The van der Waals surface area contributed by atoms with Gasteiger partial charge >= 0.3 is 6.18 Å². The fraction of sp³-hybridized carbons (Fsp3) is 0.500. The smallest absolute Gasteiger partial charge is 0.418 e. The highest BCUT2D eigenvalue weighted by atomic mass is 35.5. The third kappa shape index (κ3) is 4.81. The number of rotatable bonds is 4. The quantitative estimate of drug-likeness (QED) is 0.519. The molecule has 2 amide bonds. The van der Waals surface area contributed by atoms with Gasteiger partial charge in [-0.2, -0.15) is 13.2 Å². The maximum absolute atomic E-state index is 14.4. The van der Waals surface area contributed by atoms with E-state index in [9.17, 15) is 22.8 Å². The predicted molar refractivity (Wildman–Crippen MR) is 151 cm³/mol. The lowest BCUT2D eigenvalue weighted by Crippen LogP contribution is -2.57. The molecule has 42 heavy (non-hydrogen) atoms. The number of methoxy groups -OCH3 is 1. The Labute approximate surface area is 246 Å². The second kappa shape index (κ2) is 10.6. The zero-order valence-corrected chi connectivity index (χ0v) is 24.5. The van der Waals surface area contributed by atoms with Gasteiger partial charge in [-0.25, -0.2) is 9.97 Å². The molecule has 0 saturated carbocycles. The topological polar surface area (TPSA) is 114 Å². The number of carbonyl (C=O) groups excluding carboxylic acids is 2. The zero-order valence-electron chi connectivity index (χ0n) is 23.7. The van der Waals surface area contributed by atoms with Crippen LogP contribution in [-0.2, 0) is 15.7 Å². The molecule has 2 N–H and O–H groups in total. The summed E-state index contributed by atoms with van der Waals surface area (Å²) in [5, 5.41) is -0.288.